The molecule has 0 N–H and O–H groups in total. The lowest BCUT2D eigenvalue weighted by Gasteiger charge is -2.27. The second kappa shape index (κ2) is 6.60. The lowest BCUT2D eigenvalue weighted by atomic mass is 10.1. The molecular formula is C12H16BrN3O3. The summed E-state index contributed by atoms with van der Waals surface area (Å²) >= 11 is 3.22. The largest absolute Gasteiger partial charge is 0.364 e. The van der Waals surface area contributed by atoms with Crippen molar-refractivity contribution in [2.24, 2.45) is 0 Å². The fourth-order valence-electron chi connectivity index (χ4n) is 1.72. The van der Waals surface area contributed by atoms with Gasteiger partial charge >= 0.3 is 5.82 Å². The van der Waals surface area contributed by atoms with E-state index in [1.165, 1.54) is 12.3 Å². The molecule has 1 aromatic heterocycles. The molecule has 0 fully saturated rings. The Hall–Kier alpha value is -1.50. The number of carbonyl (C=O) groups excluding carboxylic acids is 1. The van der Waals surface area contributed by atoms with Crippen LogP contribution in [0.25, 0.3) is 0 Å². The molecule has 0 spiro atoms. The van der Waals surface area contributed by atoms with Crippen molar-refractivity contribution in [3.8, 4) is 0 Å². The van der Waals surface area contributed by atoms with E-state index >= 15 is 0 Å². The zero-order valence-electron chi connectivity index (χ0n) is 11.1. The van der Waals surface area contributed by atoms with Gasteiger partial charge in [-0.1, -0.05) is 6.92 Å². The van der Waals surface area contributed by atoms with E-state index in [1.807, 2.05) is 20.8 Å². The first-order chi connectivity index (χ1) is 8.92. The van der Waals surface area contributed by atoms with Gasteiger partial charge in [0.05, 0.1) is 10.0 Å². The monoisotopic (exact) mass is 329 g/mol. The van der Waals surface area contributed by atoms with Crippen LogP contribution in [0.15, 0.2) is 16.7 Å². The Morgan fingerprint density at radius 3 is 2.68 bits per heavy atom. The summed E-state index contributed by atoms with van der Waals surface area (Å²) in [6.45, 7) is 6.37. The Morgan fingerprint density at radius 2 is 2.21 bits per heavy atom. The van der Waals surface area contributed by atoms with Gasteiger partial charge in [-0.25, -0.2) is 0 Å². The lowest BCUT2D eigenvalue weighted by Crippen LogP contribution is -2.38. The third-order valence-electron chi connectivity index (χ3n) is 2.98. The summed E-state index contributed by atoms with van der Waals surface area (Å²) in [7, 11) is 0. The van der Waals surface area contributed by atoms with Crippen molar-refractivity contribution < 1.29 is 9.72 Å². The van der Waals surface area contributed by atoms with Gasteiger partial charge in [-0.15, -0.1) is 0 Å². The molecule has 0 saturated carbocycles. The number of carbonyl (C=O) groups is 1. The van der Waals surface area contributed by atoms with Crippen LogP contribution in [0.2, 0.25) is 0 Å². The van der Waals surface area contributed by atoms with E-state index in [0.717, 1.165) is 6.42 Å². The summed E-state index contributed by atoms with van der Waals surface area (Å²) in [5, 5.41) is 10.7. The van der Waals surface area contributed by atoms with E-state index in [0.29, 0.717) is 11.0 Å². The predicted molar refractivity (Wildman–Crippen MR) is 75.1 cm³/mol. The number of pyridine rings is 1. The molecule has 1 aromatic rings. The SMILES string of the molecule is CCC(C)N(CC)C(=O)c1cc([N+](=O)[O-])ncc1Br. The molecule has 7 heteroatoms. The molecule has 1 amide bonds. The minimum atomic E-state index is -0.608. The molecule has 1 heterocycles. The van der Waals surface area contributed by atoms with Crippen molar-refractivity contribution in [3.05, 3.63) is 32.4 Å². The number of hydrogen-bond donors (Lipinski definition) is 0. The Kier molecular flexibility index (Phi) is 5.41. The summed E-state index contributed by atoms with van der Waals surface area (Å²) in [6.07, 6.45) is 2.11. The summed E-state index contributed by atoms with van der Waals surface area (Å²) < 4.78 is 0.463. The van der Waals surface area contributed by atoms with E-state index in [2.05, 4.69) is 20.9 Å². The maximum absolute atomic E-state index is 12.4. The molecule has 1 rings (SSSR count). The van der Waals surface area contributed by atoms with E-state index in [-0.39, 0.29) is 23.3 Å². The van der Waals surface area contributed by atoms with E-state index in [1.54, 1.807) is 4.90 Å². The number of aromatic nitrogens is 1. The number of hydrogen-bond acceptors (Lipinski definition) is 4. The summed E-state index contributed by atoms with van der Waals surface area (Å²) in [5.41, 5.74) is 0.267. The maximum Gasteiger partial charge on any atom is 0.364 e. The van der Waals surface area contributed by atoms with Gasteiger partial charge in [0, 0.05) is 18.7 Å². The Morgan fingerprint density at radius 1 is 1.58 bits per heavy atom. The van der Waals surface area contributed by atoms with E-state index in [4.69, 9.17) is 0 Å². The number of halogens is 1. The topological polar surface area (TPSA) is 76.3 Å². The molecule has 19 heavy (non-hydrogen) atoms. The molecule has 1 atom stereocenters. The first kappa shape index (κ1) is 15.6. The zero-order valence-corrected chi connectivity index (χ0v) is 12.7. The molecule has 0 aliphatic carbocycles. The highest BCUT2D eigenvalue weighted by Gasteiger charge is 2.24. The third kappa shape index (κ3) is 3.50. The van der Waals surface area contributed by atoms with Gasteiger partial charge in [0.1, 0.15) is 0 Å². The van der Waals surface area contributed by atoms with Crippen LogP contribution in [0, 0.1) is 10.1 Å². The van der Waals surface area contributed by atoms with Crippen LogP contribution < -0.4 is 0 Å². The average Bonchev–Trinajstić information content (AvgIpc) is 2.39. The second-order valence-electron chi connectivity index (χ2n) is 4.13. The standard InChI is InChI=1S/C12H16BrN3O3/c1-4-8(3)15(5-2)12(17)9-6-11(16(18)19)14-7-10(9)13/h6-8H,4-5H2,1-3H3. The van der Waals surface area contributed by atoms with Gasteiger partial charge in [0.2, 0.25) is 0 Å². The van der Waals surface area contributed by atoms with Gasteiger partial charge in [-0.3, -0.25) is 4.79 Å². The van der Waals surface area contributed by atoms with Crippen LogP contribution in [0.4, 0.5) is 5.82 Å². The van der Waals surface area contributed by atoms with Crippen LogP contribution in [0.5, 0.6) is 0 Å². The van der Waals surface area contributed by atoms with Crippen molar-refractivity contribution in [1.82, 2.24) is 9.88 Å². The molecule has 104 valence electrons. The quantitative estimate of drug-likeness (QED) is 0.614. The molecule has 0 radical (unpaired) electrons. The van der Waals surface area contributed by atoms with Crippen LogP contribution >= 0.6 is 15.9 Å². The molecule has 0 saturated heterocycles. The molecular weight excluding hydrogens is 314 g/mol. The van der Waals surface area contributed by atoms with Crippen molar-refractivity contribution in [1.29, 1.82) is 0 Å². The van der Waals surface area contributed by atoms with Crippen molar-refractivity contribution >= 4 is 27.7 Å². The van der Waals surface area contributed by atoms with Crippen LogP contribution in [-0.2, 0) is 0 Å². The summed E-state index contributed by atoms with van der Waals surface area (Å²) in [6, 6.07) is 1.29. The Balaban J connectivity index is 3.17. The predicted octanol–water partition coefficient (Wildman–Crippen LogP) is 3.01. The lowest BCUT2D eigenvalue weighted by molar-refractivity contribution is -0.389. The second-order valence-corrected chi connectivity index (χ2v) is 4.98. The minimum Gasteiger partial charge on any atom is -0.358 e. The van der Waals surface area contributed by atoms with Gasteiger partial charge in [-0.2, -0.15) is 0 Å². The number of nitro groups is 1. The van der Waals surface area contributed by atoms with Crippen molar-refractivity contribution in [2.75, 3.05) is 6.54 Å². The van der Waals surface area contributed by atoms with Crippen molar-refractivity contribution in [2.45, 2.75) is 33.2 Å². The number of amides is 1. The molecule has 0 aromatic carbocycles. The fourth-order valence-corrected chi connectivity index (χ4v) is 2.11. The van der Waals surface area contributed by atoms with Gasteiger partial charge in [-0.05, 0) is 46.1 Å². The van der Waals surface area contributed by atoms with Crippen molar-refractivity contribution in [3.63, 3.8) is 0 Å². The average molecular weight is 330 g/mol. The summed E-state index contributed by atoms with van der Waals surface area (Å²) in [4.78, 5) is 27.9. The van der Waals surface area contributed by atoms with Crippen LogP contribution in [0.3, 0.4) is 0 Å². The highest BCUT2D eigenvalue weighted by Crippen LogP contribution is 2.22. The number of rotatable bonds is 5. The Labute approximate surface area is 120 Å². The molecule has 0 aliphatic rings. The molecule has 6 nitrogen and oxygen atoms in total. The maximum atomic E-state index is 12.4. The minimum absolute atomic E-state index is 0.0802. The highest BCUT2D eigenvalue weighted by molar-refractivity contribution is 9.10. The van der Waals surface area contributed by atoms with Gasteiger partial charge < -0.3 is 15.0 Å². The molecule has 1 unspecified atom stereocenters. The highest BCUT2D eigenvalue weighted by atomic mass is 79.9. The summed E-state index contributed by atoms with van der Waals surface area (Å²) in [5.74, 6) is -0.555. The molecule has 0 bridgehead atoms. The zero-order chi connectivity index (χ0) is 14.6. The first-order valence-corrected chi connectivity index (χ1v) is 6.82. The van der Waals surface area contributed by atoms with Gasteiger partial charge in [0.15, 0.2) is 6.20 Å². The Bertz CT molecular complexity index is 493. The normalized spacial score (nSPS) is 12.0. The van der Waals surface area contributed by atoms with Crippen LogP contribution in [-0.4, -0.2) is 33.3 Å². The fraction of sp³-hybridized carbons (Fsp3) is 0.500. The third-order valence-corrected chi connectivity index (χ3v) is 3.61. The van der Waals surface area contributed by atoms with E-state index < -0.39 is 4.92 Å². The van der Waals surface area contributed by atoms with Crippen LogP contribution in [0.1, 0.15) is 37.6 Å². The first-order valence-electron chi connectivity index (χ1n) is 6.03. The number of nitrogens with zero attached hydrogens (tertiary/aromatic N) is 3. The molecule has 0 aliphatic heterocycles. The smallest absolute Gasteiger partial charge is 0.358 e. The van der Waals surface area contributed by atoms with Gasteiger partial charge in [0.25, 0.3) is 5.91 Å². The van der Waals surface area contributed by atoms with E-state index in [9.17, 15) is 14.9 Å².